The summed E-state index contributed by atoms with van der Waals surface area (Å²) in [6.45, 7) is 2.23. The van der Waals surface area contributed by atoms with Crippen LogP contribution in [0.3, 0.4) is 0 Å². The van der Waals surface area contributed by atoms with E-state index in [0.29, 0.717) is 5.56 Å². The first kappa shape index (κ1) is 17.7. The van der Waals surface area contributed by atoms with Crippen LogP contribution >= 0.6 is 0 Å². The Bertz CT molecular complexity index is 903. The van der Waals surface area contributed by atoms with Gasteiger partial charge in [-0.05, 0) is 30.7 Å². The molecule has 0 atom stereocenters. The second-order valence-electron chi connectivity index (χ2n) is 6.07. The normalized spacial score (nSPS) is 10.7. The van der Waals surface area contributed by atoms with Gasteiger partial charge in [0.05, 0.1) is 11.0 Å². The van der Waals surface area contributed by atoms with E-state index >= 15 is 0 Å². The second kappa shape index (κ2) is 8.29. The van der Waals surface area contributed by atoms with Crippen LogP contribution in [0, 0.1) is 0 Å². The van der Waals surface area contributed by atoms with Gasteiger partial charge in [0, 0.05) is 12.0 Å². The fourth-order valence-electron chi connectivity index (χ4n) is 2.80. The number of benzene rings is 2. The van der Waals surface area contributed by atoms with Gasteiger partial charge in [0.1, 0.15) is 12.4 Å². The zero-order chi connectivity index (χ0) is 18.4. The second-order valence-corrected chi connectivity index (χ2v) is 6.07. The minimum absolute atomic E-state index is 0.106. The van der Waals surface area contributed by atoms with Crippen molar-refractivity contribution in [2.45, 2.75) is 32.7 Å². The van der Waals surface area contributed by atoms with Crippen LogP contribution in [0.25, 0.3) is 11.0 Å². The Labute approximate surface area is 152 Å². The van der Waals surface area contributed by atoms with Crippen molar-refractivity contribution < 1.29 is 9.59 Å². The third-order valence-corrected chi connectivity index (χ3v) is 4.14. The number of carbonyl (C=O) groups excluding carboxylic acids is 2. The van der Waals surface area contributed by atoms with E-state index in [9.17, 15) is 9.59 Å². The summed E-state index contributed by atoms with van der Waals surface area (Å²) in [4.78, 5) is 29.0. The summed E-state index contributed by atoms with van der Waals surface area (Å²) in [7, 11) is 0. The number of hydrazine groups is 1. The van der Waals surface area contributed by atoms with Crippen LogP contribution in [0.1, 0.15) is 35.9 Å². The van der Waals surface area contributed by atoms with E-state index in [1.54, 1.807) is 24.3 Å². The molecule has 6 heteroatoms. The van der Waals surface area contributed by atoms with Crippen LogP contribution in [0.15, 0.2) is 54.6 Å². The smallest absolute Gasteiger partial charge is 0.269 e. The van der Waals surface area contributed by atoms with E-state index in [1.165, 1.54) is 0 Å². The van der Waals surface area contributed by atoms with Gasteiger partial charge in [-0.2, -0.15) is 0 Å². The monoisotopic (exact) mass is 350 g/mol. The third kappa shape index (κ3) is 4.08. The number of aromatic nitrogens is 2. The van der Waals surface area contributed by atoms with Crippen LogP contribution < -0.4 is 10.9 Å². The molecular weight excluding hydrogens is 328 g/mol. The van der Waals surface area contributed by atoms with Crippen molar-refractivity contribution in [3.05, 3.63) is 66.0 Å². The summed E-state index contributed by atoms with van der Waals surface area (Å²) >= 11 is 0. The van der Waals surface area contributed by atoms with Gasteiger partial charge < -0.3 is 4.57 Å². The first-order chi connectivity index (χ1) is 12.7. The highest BCUT2D eigenvalue weighted by atomic mass is 16.2. The zero-order valence-corrected chi connectivity index (χ0v) is 14.7. The van der Waals surface area contributed by atoms with Gasteiger partial charge in [0.25, 0.3) is 11.8 Å². The van der Waals surface area contributed by atoms with Crippen molar-refractivity contribution >= 4 is 22.8 Å². The molecule has 0 fully saturated rings. The van der Waals surface area contributed by atoms with Gasteiger partial charge in [-0.15, -0.1) is 0 Å². The lowest BCUT2D eigenvalue weighted by Crippen LogP contribution is -2.43. The first-order valence-electron chi connectivity index (χ1n) is 8.77. The molecule has 2 N–H and O–H groups in total. The number of para-hydroxylation sites is 2. The summed E-state index contributed by atoms with van der Waals surface area (Å²) in [6.07, 6.45) is 2.88. The molecule has 0 spiro atoms. The summed E-state index contributed by atoms with van der Waals surface area (Å²) in [5.41, 5.74) is 7.21. The molecule has 0 aliphatic heterocycles. The van der Waals surface area contributed by atoms with Gasteiger partial charge in [0.2, 0.25) is 0 Å². The van der Waals surface area contributed by atoms with Gasteiger partial charge in [-0.3, -0.25) is 20.4 Å². The Balaban J connectivity index is 1.69. The molecule has 0 aliphatic rings. The number of carbonyl (C=O) groups is 2. The largest absolute Gasteiger partial charge is 0.318 e. The van der Waals surface area contributed by atoms with E-state index in [0.717, 1.165) is 36.1 Å². The van der Waals surface area contributed by atoms with Gasteiger partial charge in [-0.1, -0.05) is 43.7 Å². The Morgan fingerprint density at radius 3 is 2.50 bits per heavy atom. The first-order valence-corrected chi connectivity index (χ1v) is 8.77. The van der Waals surface area contributed by atoms with Gasteiger partial charge >= 0.3 is 0 Å². The molecule has 3 aromatic rings. The Morgan fingerprint density at radius 2 is 1.73 bits per heavy atom. The molecule has 1 heterocycles. The topological polar surface area (TPSA) is 76.0 Å². The SMILES string of the molecule is CCCCc1nc2ccccc2n1CC(=O)NNC(=O)c1ccccc1. The van der Waals surface area contributed by atoms with E-state index < -0.39 is 0 Å². The Kier molecular flexibility index (Phi) is 5.63. The predicted molar refractivity (Wildman–Crippen MR) is 100 cm³/mol. The number of hydrogen-bond donors (Lipinski definition) is 2. The number of aryl methyl sites for hydroxylation is 1. The molecule has 6 nitrogen and oxygen atoms in total. The van der Waals surface area contributed by atoms with Crippen LogP contribution in [0.5, 0.6) is 0 Å². The van der Waals surface area contributed by atoms with E-state index in [2.05, 4.69) is 22.8 Å². The lowest BCUT2D eigenvalue weighted by atomic mass is 10.2. The van der Waals surface area contributed by atoms with Crippen LogP contribution in [-0.2, 0) is 17.8 Å². The van der Waals surface area contributed by atoms with Crippen molar-refractivity contribution in [1.82, 2.24) is 20.4 Å². The number of unbranched alkanes of at least 4 members (excludes halogenated alkanes) is 1. The molecule has 134 valence electrons. The fourth-order valence-corrected chi connectivity index (χ4v) is 2.80. The Hall–Kier alpha value is -3.15. The number of nitrogens with one attached hydrogen (secondary N) is 2. The van der Waals surface area contributed by atoms with Crippen molar-refractivity contribution in [3.63, 3.8) is 0 Å². The predicted octanol–water partition coefficient (Wildman–Crippen LogP) is 2.84. The molecule has 26 heavy (non-hydrogen) atoms. The van der Waals surface area contributed by atoms with Crippen molar-refractivity contribution in [1.29, 1.82) is 0 Å². The average Bonchev–Trinajstić information content (AvgIpc) is 3.02. The zero-order valence-electron chi connectivity index (χ0n) is 14.7. The molecule has 3 rings (SSSR count). The molecule has 0 unspecified atom stereocenters. The average molecular weight is 350 g/mol. The maximum atomic E-state index is 12.3. The standard InChI is InChI=1S/C20H22N4O2/c1-2-3-13-18-21-16-11-7-8-12-17(16)24(18)14-19(25)22-23-20(26)15-9-5-4-6-10-15/h4-12H,2-3,13-14H2,1H3,(H,22,25)(H,23,26). The Morgan fingerprint density at radius 1 is 1.00 bits per heavy atom. The molecular formula is C20H22N4O2. The van der Waals surface area contributed by atoms with Gasteiger partial charge in [0.15, 0.2) is 0 Å². The van der Waals surface area contributed by atoms with Crippen molar-refractivity contribution in [2.75, 3.05) is 0 Å². The molecule has 0 saturated heterocycles. The third-order valence-electron chi connectivity index (χ3n) is 4.14. The van der Waals surface area contributed by atoms with E-state index in [-0.39, 0.29) is 18.4 Å². The van der Waals surface area contributed by atoms with Crippen LogP contribution in [0.4, 0.5) is 0 Å². The number of fused-ring (bicyclic) bond motifs is 1. The lowest BCUT2D eigenvalue weighted by Gasteiger charge is -2.11. The number of amides is 2. The van der Waals surface area contributed by atoms with E-state index in [4.69, 9.17) is 0 Å². The molecule has 0 saturated carbocycles. The van der Waals surface area contributed by atoms with Crippen LogP contribution in [-0.4, -0.2) is 21.4 Å². The quantitative estimate of drug-likeness (QED) is 0.671. The minimum Gasteiger partial charge on any atom is -0.318 e. The summed E-state index contributed by atoms with van der Waals surface area (Å²) < 4.78 is 1.91. The molecule has 1 aromatic heterocycles. The molecule has 2 amide bonds. The maximum absolute atomic E-state index is 12.3. The highest BCUT2D eigenvalue weighted by Gasteiger charge is 2.14. The van der Waals surface area contributed by atoms with Crippen LogP contribution in [0.2, 0.25) is 0 Å². The minimum atomic E-state index is -0.347. The fraction of sp³-hybridized carbons (Fsp3) is 0.250. The number of hydrogen-bond acceptors (Lipinski definition) is 3. The lowest BCUT2D eigenvalue weighted by molar-refractivity contribution is -0.122. The molecule has 0 aliphatic carbocycles. The summed E-state index contributed by atoms with van der Waals surface area (Å²) in [6, 6.07) is 16.5. The number of nitrogens with zero attached hydrogens (tertiary/aromatic N) is 2. The van der Waals surface area contributed by atoms with E-state index in [1.807, 2.05) is 34.9 Å². The summed E-state index contributed by atoms with van der Waals surface area (Å²) in [5, 5.41) is 0. The maximum Gasteiger partial charge on any atom is 0.269 e. The van der Waals surface area contributed by atoms with Crippen molar-refractivity contribution in [2.24, 2.45) is 0 Å². The molecule has 0 bridgehead atoms. The molecule has 0 radical (unpaired) electrons. The number of rotatable bonds is 6. The highest BCUT2D eigenvalue weighted by molar-refractivity contribution is 5.95. The van der Waals surface area contributed by atoms with Crippen molar-refractivity contribution in [3.8, 4) is 0 Å². The summed E-state index contributed by atoms with van der Waals surface area (Å²) in [5.74, 6) is 0.244. The highest BCUT2D eigenvalue weighted by Crippen LogP contribution is 2.17. The van der Waals surface area contributed by atoms with Gasteiger partial charge in [-0.25, -0.2) is 4.98 Å². The number of imidazole rings is 1. The molecule has 2 aromatic carbocycles.